The summed E-state index contributed by atoms with van der Waals surface area (Å²) in [7, 11) is 0. The number of alkyl halides is 1. The summed E-state index contributed by atoms with van der Waals surface area (Å²) in [6, 6.07) is 9.81. The van der Waals surface area contributed by atoms with Crippen LogP contribution in [0.5, 0.6) is 5.75 Å². The summed E-state index contributed by atoms with van der Waals surface area (Å²) in [6.07, 6.45) is 1.01. The van der Waals surface area contributed by atoms with E-state index in [0.29, 0.717) is 17.5 Å². The van der Waals surface area contributed by atoms with Gasteiger partial charge in [-0.05, 0) is 41.8 Å². The standard InChI is InChI=1S/C15H17ClO/c1-3-11(9-16)15-10(2)8-14(17)12-6-4-5-7-13(12)15/h4-8,11,17H,3,9H2,1-2H3/t11-/m0/s1. The third-order valence-corrected chi connectivity index (χ3v) is 3.73. The number of halogens is 1. The van der Waals surface area contributed by atoms with Crippen molar-refractivity contribution >= 4 is 22.4 Å². The van der Waals surface area contributed by atoms with Crippen LogP contribution >= 0.6 is 11.6 Å². The van der Waals surface area contributed by atoms with E-state index in [1.807, 2.05) is 31.2 Å². The number of rotatable bonds is 3. The molecule has 0 bridgehead atoms. The van der Waals surface area contributed by atoms with Crippen molar-refractivity contribution in [1.29, 1.82) is 0 Å². The van der Waals surface area contributed by atoms with Crippen LogP contribution in [0.4, 0.5) is 0 Å². The van der Waals surface area contributed by atoms with Crippen LogP contribution in [0, 0.1) is 6.92 Å². The molecule has 0 saturated heterocycles. The van der Waals surface area contributed by atoms with E-state index in [1.165, 1.54) is 5.56 Å². The Morgan fingerprint density at radius 3 is 2.47 bits per heavy atom. The smallest absolute Gasteiger partial charge is 0.123 e. The van der Waals surface area contributed by atoms with E-state index < -0.39 is 0 Å². The van der Waals surface area contributed by atoms with Gasteiger partial charge in [-0.25, -0.2) is 0 Å². The summed E-state index contributed by atoms with van der Waals surface area (Å²) in [4.78, 5) is 0. The lowest BCUT2D eigenvalue weighted by molar-refractivity contribution is 0.481. The molecule has 17 heavy (non-hydrogen) atoms. The van der Waals surface area contributed by atoms with Crippen molar-refractivity contribution in [2.45, 2.75) is 26.2 Å². The Morgan fingerprint density at radius 1 is 1.24 bits per heavy atom. The van der Waals surface area contributed by atoms with E-state index >= 15 is 0 Å². The van der Waals surface area contributed by atoms with Crippen molar-refractivity contribution in [2.75, 3.05) is 5.88 Å². The van der Waals surface area contributed by atoms with Gasteiger partial charge in [-0.3, -0.25) is 0 Å². The highest BCUT2D eigenvalue weighted by molar-refractivity contribution is 6.18. The lowest BCUT2D eigenvalue weighted by Crippen LogP contribution is -2.02. The van der Waals surface area contributed by atoms with Gasteiger partial charge in [0.1, 0.15) is 5.75 Å². The second-order valence-electron chi connectivity index (χ2n) is 4.43. The summed E-state index contributed by atoms with van der Waals surface area (Å²) in [5.41, 5.74) is 2.39. The van der Waals surface area contributed by atoms with Crippen molar-refractivity contribution in [1.82, 2.24) is 0 Å². The Balaban J connectivity index is 2.77. The van der Waals surface area contributed by atoms with E-state index in [2.05, 4.69) is 13.0 Å². The molecule has 0 unspecified atom stereocenters. The molecule has 0 aliphatic carbocycles. The van der Waals surface area contributed by atoms with Gasteiger partial charge in [0, 0.05) is 11.3 Å². The minimum Gasteiger partial charge on any atom is -0.507 e. The fraction of sp³-hybridized carbons (Fsp3) is 0.333. The second-order valence-corrected chi connectivity index (χ2v) is 4.74. The molecule has 0 aromatic heterocycles. The molecule has 1 atom stereocenters. The molecule has 0 fully saturated rings. The number of benzene rings is 2. The molecule has 1 nitrogen and oxygen atoms in total. The molecule has 0 amide bonds. The Hall–Kier alpha value is -1.21. The lowest BCUT2D eigenvalue weighted by atomic mass is 9.89. The maximum Gasteiger partial charge on any atom is 0.123 e. The summed E-state index contributed by atoms with van der Waals surface area (Å²) in [6.45, 7) is 4.19. The van der Waals surface area contributed by atoms with Gasteiger partial charge in [-0.15, -0.1) is 11.6 Å². The van der Waals surface area contributed by atoms with E-state index in [4.69, 9.17) is 11.6 Å². The van der Waals surface area contributed by atoms with Crippen LogP contribution in [0.2, 0.25) is 0 Å². The third kappa shape index (κ3) is 2.12. The van der Waals surface area contributed by atoms with E-state index in [0.717, 1.165) is 22.8 Å². The number of hydrogen-bond donors (Lipinski definition) is 1. The second kappa shape index (κ2) is 4.97. The minimum atomic E-state index is 0.349. The summed E-state index contributed by atoms with van der Waals surface area (Å²) >= 11 is 6.05. The van der Waals surface area contributed by atoms with Crippen LogP contribution in [0.15, 0.2) is 30.3 Å². The molecule has 0 aliphatic heterocycles. The molecule has 2 aromatic rings. The van der Waals surface area contributed by atoms with Crippen LogP contribution < -0.4 is 0 Å². The highest BCUT2D eigenvalue weighted by Crippen LogP contribution is 2.36. The molecule has 2 aromatic carbocycles. The molecule has 0 saturated carbocycles. The molecule has 0 spiro atoms. The molecular formula is C15H17ClO. The predicted octanol–water partition coefficient (Wildman–Crippen LogP) is 4.59. The van der Waals surface area contributed by atoms with Gasteiger partial charge in [-0.1, -0.05) is 31.2 Å². The predicted molar refractivity (Wildman–Crippen MR) is 74.1 cm³/mol. The zero-order chi connectivity index (χ0) is 12.4. The first-order chi connectivity index (χ1) is 8.19. The first kappa shape index (κ1) is 12.3. The monoisotopic (exact) mass is 248 g/mol. The fourth-order valence-electron chi connectivity index (χ4n) is 2.45. The highest BCUT2D eigenvalue weighted by Gasteiger charge is 2.16. The van der Waals surface area contributed by atoms with Gasteiger partial charge >= 0.3 is 0 Å². The van der Waals surface area contributed by atoms with Crippen LogP contribution in [0.1, 0.15) is 30.4 Å². The van der Waals surface area contributed by atoms with Crippen LogP contribution in [-0.4, -0.2) is 11.0 Å². The van der Waals surface area contributed by atoms with Gasteiger partial charge in [0.2, 0.25) is 0 Å². The Kier molecular flexibility index (Phi) is 3.58. The van der Waals surface area contributed by atoms with Crippen molar-refractivity contribution < 1.29 is 5.11 Å². The number of hydrogen-bond acceptors (Lipinski definition) is 1. The van der Waals surface area contributed by atoms with Gasteiger partial charge in [0.15, 0.2) is 0 Å². The van der Waals surface area contributed by atoms with Gasteiger partial charge in [0.25, 0.3) is 0 Å². The van der Waals surface area contributed by atoms with E-state index in [9.17, 15) is 5.11 Å². The van der Waals surface area contributed by atoms with Crippen molar-refractivity contribution in [3.05, 3.63) is 41.5 Å². The molecule has 1 N–H and O–H groups in total. The van der Waals surface area contributed by atoms with Crippen molar-refractivity contribution in [3.63, 3.8) is 0 Å². The Bertz CT molecular complexity index is 530. The third-order valence-electron chi connectivity index (χ3n) is 3.36. The summed E-state index contributed by atoms with van der Waals surface area (Å²) in [5.74, 6) is 1.32. The first-order valence-corrected chi connectivity index (χ1v) is 6.49. The topological polar surface area (TPSA) is 20.2 Å². The van der Waals surface area contributed by atoms with E-state index in [1.54, 1.807) is 0 Å². The summed E-state index contributed by atoms with van der Waals surface area (Å²) < 4.78 is 0. The largest absolute Gasteiger partial charge is 0.507 e. The number of phenolic OH excluding ortho intramolecular Hbond substituents is 1. The average molecular weight is 249 g/mol. The SMILES string of the molecule is CC[C@@H](CCl)c1c(C)cc(O)c2ccccc12. The molecule has 0 radical (unpaired) electrons. The molecule has 90 valence electrons. The average Bonchev–Trinajstić information content (AvgIpc) is 2.34. The Morgan fingerprint density at radius 2 is 1.88 bits per heavy atom. The maximum absolute atomic E-state index is 9.97. The quantitative estimate of drug-likeness (QED) is 0.788. The molecule has 0 heterocycles. The van der Waals surface area contributed by atoms with Crippen LogP contribution in [0.25, 0.3) is 10.8 Å². The number of fused-ring (bicyclic) bond motifs is 1. The minimum absolute atomic E-state index is 0.349. The number of aryl methyl sites for hydroxylation is 1. The van der Waals surface area contributed by atoms with Gasteiger partial charge in [-0.2, -0.15) is 0 Å². The maximum atomic E-state index is 9.97. The zero-order valence-corrected chi connectivity index (χ0v) is 11.0. The zero-order valence-electron chi connectivity index (χ0n) is 10.2. The van der Waals surface area contributed by atoms with Crippen LogP contribution in [0.3, 0.4) is 0 Å². The number of phenols is 1. The summed E-state index contributed by atoms with van der Waals surface area (Å²) in [5, 5.41) is 12.0. The van der Waals surface area contributed by atoms with Gasteiger partial charge < -0.3 is 5.11 Å². The molecule has 0 aliphatic rings. The normalized spacial score (nSPS) is 12.9. The number of aromatic hydroxyl groups is 1. The lowest BCUT2D eigenvalue weighted by Gasteiger charge is -2.18. The molecule has 2 heteroatoms. The highest BCUT2D eigenvalue weighted by atomic mass is 35.5. The Labute approximate surface area is 107 Å². The van der Waals surface area contributed by atoms with Crippen molar-refractivity contribution in [3.8, 4) is 5.75 Å². The fourth-order valence-corrected chi connectivity index (χ4v) is 2.82. The van der Waals surface area contributed by atoms with E-state index in [-0.39, 0.29) is 0 Å². The molecular weight excluding hydrogens is 232 g/mol. The molecule has 2 rings (SSSR count). The van der Waals surface area contributed by atoms with Gasteiger partial charge in [0.05, 0.1) is 0 Å². The first-order valence-electron chi connectivity index (χ1n) is 5.96. The van der Waals surface area contributed by atoms with Crippen molar-refractivity contribution in [2.24, 2.45) is 0 Å². The van der Waals surface area contributed by atoms with Crippen LogP contribution in [-0.2, 0) is 0 Å².